The minimum absolute atomic E-state index is 0.554. The van der Waals surface area contributed by atoms with Gasteiger partial charge >= 0.3 is 0 Å². The molecule has 3 heterocycles. The van der Waals surface area contributed by atoms with Crippen LogP contribution in [0.3, 0.4) is 0 Å². The van der Waals surface area contributed by atoms with Crippen molar-refractivity contribution >= 4 is 31.5 Å². The molecule has 1 atom stereocenters. The van der Waals surface area contributed by atoms with E-state index in [1.54, 1.807) is 0 Å². The average molecular weight is 669 g/mol. The van der Waals surface area contributed by atoms with Gasteiger partial charge < -0.3 is 4.74 Å². The van der Waals surface area contributed by atoms with Crippen molar-refractivity contribution in [3.63, 3.8) is 0 Å². The van der Waals surface area contributed by atoms with Gasteiger partial charge in [-0.25, -0.2) is 9.97 Å². The lowest BCUT2D eigenvalue weighted by molar-refractivity contribution is 0.436. The average Bonchev–Trinajstić information content (AvgIpc) is 3.72. The molecular formula is C47H28N2OS. The molecular weight excluding hydrogens is 641 g/mol. The highest BCUT2D eigenvalue weighted by Gasteiger charge is 2.51. The summed E-state index contributed by atoms with van der Waals surface area (Å²) in [6.45, 7) is 0. The molecule has 11 rings (SSSR count). The third-order valence-corrected chi connectivity index (χ3v) is 11.7. The summed E-state index contributed by atoms with van der Waals surface area (Å²) in [6, 6.07) is 60.3. The summed E-state index contributed by atoms with van der Waals surface area (Å²) in [6.07, 6.45) is 0. The quantitative estimate of drug-likeness (QED) is 0.188. The first-order chi connectivity index (χ1) is 25.3. The van der Waals surface area contributed by atoms with Crippen LogP contribution in [0.1, 0.15) is 22.3 Å². The van der Waals surface area contributed by atoms with Crippen LogP contribution in [0.4, 0.5) is 0 Å². The minimum Gasteiger partial charge on any atom is -0.457 e. The maximum absolute atomic E-state index is 6.89. The first-order valence-corrected chi connectivity index (χ1v) is 18.1. The molecule has 2 aliphatic rings. The molecule has 0 amide bonds. The molecule has 9 aromatic rings. The van der Waals surface area contributed by atoms with Crippen molar-refractivity contribution in [1.29, 1.82) is 0 Å². The van der Waals surface area contributed by atoms with Gasteiger partial charge in [0.2, 0.25) is 0 Å². The molecule has 0 saturated carbocycles. The summed E-state index contributed by atoms with van der Waals surface area (Å²) < 4.78 is 9.51. The fraction of sp³-hybridized carbons (Fsp3) is 0.0213. The summed E-state index contributed by atoms with van der Waals surface area (Å²) in [5.74, 6) is 2.40. The molecule has 1 aliphatic heterocycles. The molecule has 238 valence electrons. The van der Waals surface area contributed by atoms with Crippen molar-refractivity contribution in [2.24, 2.45) is 0 Å². The smallest absolute Gasteiger partial charge is 0.160 e. The molecule has 0 N–H and O–H groups in total. The molecule has 7 aromatic carbocycles. The van der Waals surface area contributed by atoms with Gasteiger partial charge in [-0.2, -0.15) is 0 Å². The van der Waals surface area contributed by atoms with Crippen LogP contribution < -0.4 is 4.74 Å². The molecule has 51 heavy (non-hydrogen) atoms. The predicted molar refractivity (Wildman–Crippen MR) is 209 cm³/mol. The zero-order valence-electron chi connectivity index (χ0n) is 27.4. The lowest BCUT2D eigenvalue weighted by atomic mass is 9.66. The highest BCUT2D eigenvalue weighted by molar-refractivity contribution is 7.26. The Bertz CT molecular complexity index is 2780. The molecule has 0 fully saturated rings. The molecule has 1 unspecified atom stereocenters. The summed E-state index contributed by atoms with van der Waals surface area (Å²) in [5, 5.41) is 2.65. The van der Waals surface area contributed by atoms with Gasteiger partial charge in [0.05, 0.1) is 16.8 Å². The van der Waals surface area contributed by atoms with Crippen molar-refractivity contribution < 1.29 is 4.74 Å². The second-order valence-corrected chi connectivity index (χ2v) is 14.3. The third kappa shape index (κ3) is 4.05. The highest BCUT2D eigenvalue weighted by Crippen LogP contribution is 2.64. The largest absolute Gasteiger partial charge is 0.457 e. The van der Waals surface area contributed by atoms with E-state index in [0.717, 1.165) is 50.7 Å². The Labute approximate surface area is 299 Å². The van der Waals surface area contributed by atoms with Crippen LogP contribution >= 0.6 is 11.3 Å². The maximum Gasteiger partial charge on any atom is 0.160 e. The SMILES string of the molecule is c1ccc(-c2cc(-c3ccc4c(c3)Oc3ccccc3C43c4ccccc4-c4c3ccc3sc5ccccc5c43)nc(-c3ccccc3)n2)cc1. The first kappa shape index (κ1) is 28.5. The van der Waals surface area contributed by atoms with Crippen molar-refractivity contribution in [2.75, 3.05) is 0 Å². The van der Waals surface area contributed by atoms with Gasteiger partial charge in [-0.05, 0) is 52.6 Å². The number of fused-ring (bicyclic) bond motifs is 13. The summed E-state index contributed by atoms with van der Waals surface area (Å²) >= 11 is 1.87. The molecule has 1 aliphatic carbocycles. The monoisotopic (exact) mass is 668 g/mol. The number of thiophene rings is 1. The van der Waals surface area contributed by atoms with Gasteiger partial charge in [-0.3, -0.25) is 0 Å². The lowest BCUT2D eigenvalue weighted by Crippen LogP contribution is -2.32. The Balaban J connectivity index is 1.18. The zero-order chi connectivity index (χ0) is 33.5. The Hall–Kier alpha value is -6.36. The topological polar surface area (TPSA) is 35.0 Å². The standard InChI is InChI=1S/C47H28N2OS/c1-3-13-29(14-4-1)38-28-39(49-46(48-38)30-15-5-2-6-16-30)31-23-24-36-41(27-31)50-40-21-11-10-20-35(40)47(36)34-19-9-7-17-32(34)44-37(47)25-26-43-45(44)33-18-8-12-22-42(33)51-43/h1-28H. The van der Waals surface area contributed by atoms with E-state index in [9.17, 15) is 0 Å². The van der Waals surface area contributed by atoms with Crippen molar-refractivity contribution in [1.82, 2.24) is 9.97 Å². The Morgan fingerprint density at radius 2 is 1.10 bits per heavy atom. The highest BCUT2D eigenvalue weighted by atomic mass is 32.1. The normalized spacial score (nSPS) is 15.3. The van der Waals surface area contributed by atoms with E-state index in [0.29, 0.717) is 5.82 Å². The van der Waals surface area contributed by atoms with Gasteiger partial charge in [-0.1, -0.05) is 140 Å². The van der Waals surface area contributed by atoms with Crippen LogP contribution in [0.15, 0.2) is 170 Å². The van der Waals surface area contributed by atoms with Crippen LogP contribution in [0.5, 0.6) is 11.5 Å². The van der Waals surface area contributed by atoms with Gasteiger partial charge in [0.15, 0.2) is 5.82 Å². The molecule has 0 bridgehead atoms. The van der Waals surface area contributed by atoms with Gasteiger partial charge in [0, 0.05) is 48.0 Å². The number of hydrogen-bond acceptors (Lipinski definition) is 4. The number of para-hydroxylation sites is 1. The molecule has 0 radical (unpaired) electrons. The van der Waals surface area contributed by atoms with E-state index in [1.165, 1.54) is 42.4 Å². The van der Waals surface area contributed by atoms with Gasteiger partial charge in [-0.15, -0.1) is 11.3 Å². The Kier molecular flexibility index (Phi) is 6.04. The van der Waals surface area contributed by atoms with E-state index >= 15 is 0 Å². The fourth-order valence-corrected chi connectivity index (χ4v) is 9.55. The van der Waals surface area contributed by atoms with Crippen LogP contribution in [0, 0.1) is 0 Å². The lowest BCUT2D eigenvalue weighted by Gasteiger charge is -2.39. The van der Waals surface area contributed by atoms with Gasteiger partial charge in [0.1, 0.15) is 11.5 Å². The summed E-state index contributed by atoms with van der Waals surface area (Å²) in [5.41, 5.74) is 11.7. The molecule has 3 nitrogen and oxygen atoms in total. The predicted octanol–water partition coefficient (Wildman–Crippen LogP) is 12.3. The van der Waals surface area contributed by atoms with Crippen LogP contribution in [0.2, 0.25) is 0 Å². The first-order valence-electron chi connectivity index (χ1n) is 17.2. The van der Waals surface area contributed by atoms with Crippen molar-refractivity contribution in [2.45, 2.75) is 5.41 Å². The van der Waals surface area contributed by atoms with Crippen LogP contribution in [-0.2, 0) is 5.41 Å². The van der Waals surface area contributed by atoms with Crippen LogP contribution in [0.25, 0.3) is 65.2 Å². The van der Waals surface area contributed by atoms with E-state index in [1.807, 2.05) is 47.7 Å². The molecule has 1 spiro atoms. The Morgan fingerprint density at radius 1 is 0.451 bits per heavy atom. The molecule has 4 heteroatoms. The third-order valence-electron chi connectivity index (χ3n) is 10.6. The van der Waals surface area contributed by atoms with E-state index < -0.39 is 5.41 Å². The number of ether oxygens (including phenoxy) is 1. The number of nitrogens with zero attached hydrogens (tertiary/aromatic N) is 2. The van der Waals surface area contributed by atoms with E-state index in [4.69, 9.17) is 14.7 Å². The fourth-order valence-electron chi connectivity index (χ4n) is 8.44. The minimum atomic E-state index is -0.554. The number of hydrogen-bond donors (Lipinski definition) is 0. The second kappa shape index (κ2) is 10.8. The maximum atomic E-state index is 6.89. The molecule has 2 aromatic heterocycles. The second-order valence-electron chi connectivity index (χ2n) is 13.3. The number of benzene rings is 7. The zero-order valence-corrected chi connectivity index (χ0v) is 28.2. The van der Waals surface area contributed by atoms with Crippen LogP contribution in [-0.4, -0.2) is 9.97 Å². The van der Waals surface area contributed by atoms with Crippen molar-refractivity contribution in [3.05, 3.63) is 192 Å². The number of rotatable bonds is 3. The van der Waals surface area contributed by atoms with Crippen molar-refractivity contribution in [3.8, 4) is 56.5 Å². The number of aromatic nitrogens is 2. The van der Waals surface area contributed by atoms with E-state index in [-0.39, 0.29) is 0 Å². The molecule has 0 saturated heterocycles. The van der Waals surface area contributed by atoms with Gasteiger partial charge in [0.25, 0.3) is 0 Å². The Morgan fingerprint density at radius 3 is 1.94 bits per heavy atom. The summed E-state index contributed by atoms with van der Waals surface area (Å²) in [4.78, 5) is 10.2. The van der Waals surface area contributed by atoms with E-state index in [2.05, 4.69) is 133 Å². The summed E-state index contributed by atoms with van der Waals surface area (Å²) in [7, 11) is 0.